The molecule has 0 saturated heterocycles. The molecular formula is C17H22BrCl2N3O. The largest absolute Gasteiger partial charge is 0.368 e. The van der Waals surface area contributed by atoms with Crippen LogP contribution < -0.4 is 17.2 Å². The number of amides is 1. The highest BCUT2D eigenvalue weighted by molar-refractivity contribution is 9.10. The number of nitrogens with two attached hydrogens (primary N) is 3. The molecule has 0 aliphatic heterocycles. The Bertz CT molecular complexity index is 678. The summed E-state index contributed by atoms with van der Waals surface area (Å²) in [5.41, 5.74) is 19.2. The molecule has 24 heavy (non-hydrogen) atoms. The second kappa shape index (κ2) is 9.39. The summed E-state index contributed by atoms with van der Waals surface area (Å²) in [7, 11) is 0. The van der Waals surface area contributed by atoms with Crippen LogP contribution in [0.4, 0.5) is 0 Å². The summed E-state index contributed by atoms with van der Waals surface area (Å²) >= 11 is 3.55. The maximum atomic E-state index is 11.4. The van der Waals surface area contributed by atoms with Crippen LogP contribution in [0.15, 0.2) is 53.0 Å². The van der Waals surface area contributed by atoms with Crippen LogP contribution >= 0.6 is 40.7 Å². The Morgan fingerprint density at radius 2 is 1.67 bits per heavy atom. The van der Waals surface area contributed by atoms with E-state index in [1.54, 1.807) is 6.92 Å². The predicted octanol–water partition coefficient (Wildman–Crippen LogP) is 3.09. The third-order valence-corrected chi connectivity index (χ3v) is 4.64. The Kier molecular flexibility index (Phi) is 8.96. The number of benzene rings is 2. The summed E-state index contributed by atoms with van der Waals surface area (Å²) in [6, 6.07) is 15.2. The lowest BCUT2D eigenvalue weighted by Crippen LogP contribution is -2.56. The van der Waals surface area contributed by atoms with Crippen molar-refractivity contribution in [3.63, 3.8) is 0 Å². The zero-order valence-electron chi connectivity index (χ0n) is 13.2. The van der Waals surface area contributed by atoms with E-state index in [-0.39, 0.29) is 24.8 Å². The van der Waals surface area contributed by atoms with E-state index in [1.807, 2.05) is 42.5 Å². The first kappa shape index (κ1) is 22.9. The quantitative estimate of drug-likeness (QED) is 0.674. The summed E-state index contributed by atoms with van der Waals surface area (Å²) in [4.78, 5) is 11.4. The van der Waals surface area contributed by atoms with Gasteiger partial charge in [0.05, 0.1) is 6.04 Å². The molecular weight excluding hydrogens is 413 g/mol. The van der Waals surface area contributed by atoms with Crippen LogP contribution in [0.1, 0.15) is 29.7 Å². The fraction of sp³-hybridized carbons (Fsp3) is 0.235. The average Bonchev–Trinajstić information content (AvgIpc) is 2.49. The molecule has 132 valence electrons. The number of carbonyl (C=O) groups excluding carboxylic acids is 1. The molecule has 0 radical (unpaired) electrons. The molecule has 0 aliphatic carbocycles. The topological polar surface area (TPSA) is 95.1 Å². The second-order valence-electron chi connectivity index (χ2n) is 5.63. The lowest BCUT2D eigenvalue weighted by Gasteiger charge is -2.28. The molecule has 1 amide bonds. The molecule has 2 aromatic carbocycles. The Labute approximate surface area is 163 Å². The second-order valence-corrected chi connectivity index (χ2v) is 6.49. The fourth-order valence-electron chi connectivity index (χ4n) is 2.20. The van der Waals surface area contributed by atoms with Crippen molar-refractivity contribution in [2.45, 2.75) is 24.9 Å². The van der Waals surface area contributed by atoms with Crippen molar-refractivity contribution < 1.29 is 4.79 Å². The number of hydrogen-bond donors (Lipinski definition) is 3. The molecule has 2 rings (SSSR count). The number of primary amides is 1. The minimum absolute atomic E-state index is 0. The van der Waals surface area contributed by atoms with Gasteiger partial charge in [-0.3, -0.25) is 4.79 Å². The SMILES string of the molecule is CC(N)(C(N)=O)C(N)c1ccc(Cc2ccccc2Br)cc1.Cl.Cl. The van der Waals surface area contributed by atoms with Gasteiger partial charge >= 0.3 is 0 Å². The van der Waals surface area contributed by atoms with Gasteiger partial charge in [-0.2, -0.15) is 0 Å². The highest BCUT2D eigenvalue weighted by Crippen LogP contribution is 2.23. The normalized spacial score (nSPS) is 13.8. The molecule has 0 heterocycles. The van der Waals surface area contributed by atoms with E-state index >= 15 is 0 Å². The van der Waals surface area contributed by atoms with E-state index in [2.05, 4.69) is 22.0 Å². The van der Waals surface area contributed by atoms with Gasteiger partial charge in [-0.05, 0) is 36.1 Å². The highest BCUT2D eigenvalue weighted by Gasteiger charge is 2.34. The van der Waals surface area contributed by atoms with Crippen molar-refractivity contribution >= 4 is 46.7 Å². The van der Waals surface area contributed by atoms with Crippen LogP contribution in [-0.2, 0) is 11.2 Å². The molecule has 0 bridgehead atoms. The highest BCUT2D eigenvalue weighted by atomic mass is 79.9. The van der Waals surface area contributed by atoms with E-state index in [4.69, 9.17) is 17.2 Å². The van der Waals surface area contributed by atoms with Crippen molar-refractivity contribution in [3.8, 4) is 0 Å². The summed E-state index contributed by atoms with van der Waals surface area (Å²) in [5.74, 6) is -0.614. The summed E-state index contributed by atoms with van der Waals surface area (Å²) in [6.07, 6.45) is 0.812. The van der Waals surface area contributed by atoms with Crippen LogP contribution in [-0.4, -0.2) is 11.4 Å². The van der Waals surface area contributed by atoms with E-state index in [0.717, 1.165) is 22.0 Å². The predicted molar refractivity (Wildman–Crippen MR) is 107 cm³/mol. The fourth-order valence-corrected chi connectivity index (χ4v) is 2.63. The molecule has 6 N–H and O–H groups in total. The van der Waals surface area contributed by atoms with E-state index in [1.165, 1.54) is 5.56 Å². The van der Waals surface area contributed by atoms with Crippen LogP contribution in [0.2, 0.25) is 0 Å². The van der Waals surface area contributed by atoms with Crippen molar-refractivity contribution in [1.82, 2.24) is 0 Å². The first-order valence-corrected chi connectivity index (χ1v) is 7.78. The standard InChI is InChI=1S/C17H20BrN3O.2ClH/c1-17(21,16(20)22)15(19)12-8-6-11(7-9-12)10-13-4-2-3-5-14(13)18;;/h2-9,15H,10,19,21H2,1H3,(H2,20,22);2*1H. The molecule has 0 spiro atoms. The molecule has 2 atom stereocenters. The monoisotopic (exact) mass is 433 g/mol. The lowest BCUT2D eigenvalue weighted by atomic mass is 9.87. The molecule has 0 aliphatic rings. The Hall–Kier alpha value is -1.11. The van der Waals surface area contributed by atoms with Gasteiger partial charge in [0.25, 0.3) is 0 Å². The van der Waals surface area contributed by atoms with E-state index in [9.17, 15) is 4.79 Å². The Morgan fingerprint density at radius 3 is 2.17 bits per heavy atom. The zero-order valence-corrected chi connectivity index (χ0v) is 16.5. The molecule has 0 saturated carbocycles. The molecule has 2 aromatic rings. The average molecular weight is 435 g/mol. The van der Waals surface area contributed by atoms with Crippen LogP contribution in [0.5, 0.6) is 0 Å². The molecule has 0 aromatic heterocycles. The number of carbonyl (C=O) groups is 1. The van der Waals surface area contributed by atoms with Gasteiger partial charge in [-0.15, -0.1) is 24.8 Å². The van der Waals surface area contributed by atoms with Crippen molar-refractivity contribution in [2.75, 3.05) is 0 Å². The summed E-state index contributed by atoms with van der Waals surface area (Å²) < 4.78 is 1.08. The van der Waals surface area contributed by atoms with Gasteiger partial charge in [-0.25, -0.2) is 0 Å². The number of halogens is 3. The van der Waals surface area contributed by atoms with E-state index < -0.39 is 17.5 Å². The van der Waals surface area contributed by atoms with Crippen molar-refractivity contribution in [1.29, 1.82) is 0 Å². The molecule has 4 nitrogen and oxygen atoms in total. The van der Waals surface area contributed by atoms with Gasteiger partial charge in [-0.1, -0.05) is 58.4 Å². The van der Waals surface area contributed by atoms with Gasteiger partial charge in [0.15, 0.2) is 0 Å². The maximum absolute atomic E-state index is 11.4. The van der Waals surface area contributed by atoms with E-state index in [0.29, 0.717) is 0 Å². The minimum Gasteiger partial charge on any atom is -0.368 e. The van der Waals surface area contributed by atoms with Gasteiger partial charge in [0, 0.05) is 4.47 Å². The van der Waals surface area contributed by atoms with Crippen LogP contribution in [0.25, 0.3) is 0 Å². The zero-order chi connectivity index (χ0) is 16.3. The van der Waals surface area contributed by atoms with Crippen LogP contribution in [0.3, 0.4) is 0 Å². The van der Waals surface area contributed by atoms with Crippen LogP contribution in [0, 0.1) is 0 Å². The third kappa shape index (κ3) is 5.19. The Balaban J connectivity index is 0.00000264. The summed E-state index contributed by atoms with van der Waals surface area (Å²) in [6.45, 7) is 1.55. The number of rotatable bonds is 5. The minimum atomic E-state index is -1.27. The first-order chi connectivity index (χ1) is 10.3. The molecule has 7 heteroatoms. The van der Waals surface area contributed by atoms with Gasteiger partial charge < -0.3 is 17.2 Å². The smallest absolute Gasteiger partial charge is 0.239 e. The Morgan fingerprint density at radius 1 is 1.12 bits per heavy atom. The molecule has 0 fully saturated rings. The number of hydrogen-bond acceptors (Lipinski definition) is 3. The lowest BCUT2D eigenvalue weighted by molar-refractivity contribution is -0.123. The van der Waals surface area contributed by atoms with Crippen molar-refractivity contribution in [2.24, 2.45) is 17.2 Å². The third-order valence-electron chi connectivity index (χ3n) is 3.87. The maximum Gasteiger partial charge on any atom is 0.239 e. The van der Waals surface area contributed by atoms with Crippen molar-refractivity contribution in [3.05, 3.63) is 69.7 Å². The summed E-state index contributed by atoms with van der Waals surface area (Å²) in [5, 5.41) is 0. The van der Waals surface area contributed by atoms with Gasteiger partial charge in [0.1, 0.15) is 5.54 Å². The van der Waals surface area contributed by atoms with Gasteiger partial charge in [0.2, 0.25) is 5.91 Å². The molecule has 2 unspecified atom stereocenters. The first-order valence-electron chi connectivity index (χ1n) is 6.99.